The number of ether oxygens (including phenoxy) is 2. The first-order chi connectivity index (χ1) is 9.06. The number of rotatable bonds is 5. The maximum atomic E-state index is 13.2. The molecule has 1 heterocycles. The van der Waals surface area contributed by atoms with Crippen LogP contribution in [0, 0.1) is 11.6 Å². The van der Waals surface area contributed by atoms with E-state index in [4.69, 9.17) is 9.47 Å². The quantitative estimate of drug-likeness (QED) is 0.892. The molecule has 5 heteroatoms. The third-order valence-corrected chi connectivity index (χ3v) is 3.67. The van der Waals surface area contributed by atoms with Gasteiger partial charge in [0.1, 0.15) is 5.60 Å². The Morgan fingerprint density at radius 1 is 1.42 bits per heavy atom. The van der Waals surface area contributed by atoms with Gasteiger partial charge in [-0.3, -0.25) is 0 Å². The molecular formula is C14H19F2NO2. The molecule has 1 aromatic carbocycles. The van der Waals surface area contributed by atoms with Crippen LogP contribution in [0.1, 0.15) is 24.9 Å². The number of hydrogen-bond acceptors (Lipinski definition) is 3. The summed E-state index contributed by atoms with van der Waals surface area (Å²) in [6, 6.07) is 3.87. The zero-order chi connectivity index (χ0) is 13.9. The second-order valence-corrected chi connectivity index (χ2v) is 4.97. The van der Waals surface area contributed by atoms with E-state index in [-0.39, 0.29) is 11.6 Å². The maximum absolute atomic E-state index is 13.2. The van der Waals surface area contributed by atoms with Crippen molar-refractivity contribution in [1.82, 2.24) is 5.32 Å². The lowest BCUT2D eigenvalue weighted by atomic mass is 10.0. The molecule has 0 spiro atoms. The molecule has 0 aromatic heterocycles. The van der Waals surface area contributed by atoms with Gasteiger partial charge in [0.25, 0.3) is 0 Å². The van der Waals surface area contributed by atoms with Gasteiger partial charge in [-0.15, -0.1) is 0 Å². The van der Waals surface area contributed by atoms with Crippen molar-refractivity contribution in [2.75, 3.05) is 26.9 Å². The van der Waals surface area contributed by atoms with E-state index >= 15 is 0 Å². The van der Waals surface area contributed by atoms with Crippen LogP contribution in [0.4, 0.5) is 8.78 Å². The molecule has 2 unspecified atom stereocenters. The lowest BCUT2D eigenvalue weighted by Gasteiger charge is -2.28. The normalized spacial score (nSPS) is 24.6. The Balaban J connectivity index is 1.96. The van der Waals surface area contributed by atoms with E-state index in [1.165, 1.54) is 6.07 Å². The molecule has 0 radical (unpaired) electrons. The van der Waals surface area contributed by atoms with Crippen molar-refractivity contribution in [3.8, 4) is 0 Å². The Kier molecular flexibility index (Phi) is 4.50. The molecule has 1 N–H and O–H groups in total. The predicted molar refractivity (Wildman–Crippen MR) is 68.0 cm³/mol. The third kappa shape index (κ3) is 3.29. The van der Waals surface area contributed by atoms with Gasteiger partial charge in [-0.25, -0.2) is 8.78 Å². The molecule has 1 saturated heterocycles. The van der Waals surface area contributed by atoms with E-state index in [1.807, 2.05) is 6.92 Å². The molecule has 1 aliphatic heterocycles. The van der Waals surface area contributed by atoms with Gasteiger partial charge in [0.2, 0.25) is 0 Å². The maximum Gasteiger partial charge on any atom is 0.159 e. The second kappa shape index (κ2) is 5.94. The number of hydrogen-bond donors (Lipinski definition) is 1. The predicted octanol–water partition coefficient (Wildman–Crippen LogP) is 2.42. The lowest BCUT2D eigenvalue weighted by Crippen LogP contribution is -2.43. The van der Waals surface area contributed by atoms with Crippen molar-refractivity contribution >= 4 is 0 Å². The molecule has 2 atom stereocenters. The van der Waals surface area contributed by atoms with Gasteiger partial charge in [-0.2, -0.15) is 0 Å². The molecule has 19 heavy (non-hydrogen) atoms. The number of nitrogens with one attached hydrogen (secondary N) is 1. The topological polar surface area (TPSA) is 30.5 Å². The van der Waals surface area contributed by atoms with Crippen LogP contribution in [0.25, 0.3) is 0 Å². The summed E-state index contributed by atoms with van der Waals surface area (Å²) in [5.41, 5.74) is 0.399. The van der Waals surface area contributed by atoms with E-state index in [0.29, 0.717) is 25.3 Å². The van der Waals surface area contributed by atoms with Gasteiger partial charge < -0.3 is 14.8 Å². The minimum atomic E-state index is -0.825. The molecule has 3 nitrogen and oxygen atoms in total. The fraction of sp³-hybridized carbons (Fsp3) is 0.571. The van der Waals surface area contributed by atoms with Crippen molar-refractivity contribution in [3.63, 3.8) is 0 Å². The third-order valence-electron chi connectivity index (χ3n) is 3.67. The molecule has 0 bridgehead atoms. The first-order valence-electron chi connectivity index (χ1n) is 6.37. The van der Waals surface area contributed by atoms with Gasteiger partial charge >= 0.3 is 0 Å². The van der Waals surface area contributed by atoms with Crippen LogP contribution in [0.3, 0.4) is 0 Å². The van der Waals surface area contributed by atoms with Crippen molar-refractivity contribution in [2.45, 2.75) is 25.0 Å². The first kappa shape index (κ1) is 14.4. The van der Waals surface area contributed by atoms with Gasteiger partial charge in [0.15, 0.2) is 11.6 Å². The fourth-order valence-corrected chi connectivity index (χ4v) is 2.20. The van der Waals surface area contributed by atoms with Crippen LogP contribution >= 0.6 is 0 Å². The van der Waals surface area contributed by atoms with Gasteiger partial charge in [-0.05, 0) is 24.6 Å². The molecule has 1 aliphatic rings. The summed E-state index contributed by atoms with van der Waals surface area (Å²) in [6.07, 6.45) is 0.834. The van der Waals surface area contributed by atoms with Gasteiger partial charge in [0, 0.05) is 32.7 Å². The minimum absolute atomic E-state index is 0.0808. The van der Waals surface area contributed by atoms with E-state index in [9.17, 15) is 8.78 Å². The summed E-state index contributed by atoms with van der Waals surface area (Å²) < 4.78 is 36.9. The SMILES string of the molecule is COC1(CNC(C)c2ccc(F)c(F)c2)CCOC1. The average Bonchev–Trinajstić information content (AvgIpc) is 2.89. The highest BCUT2D eigenvalue weighted by molar-refractivity contribution is 5.20. The zero-order valence-corrected chi connectivity index (χ0v) is 11.2. The van der Waals surface area contributed by atoms with E-state index in [2.05, 4.69) is 5.32 Å². The van der Waals surface area contributed by atoms with Crippen LogP contribution in [-0.4, -0.2) is 32.5 Å². The molecule has 1 aromatic rings. The first-order valence-corrected chi connectivity index (χ1v) is 6.37. The molecule has 106 valence electrons. The van der Waals surface area contributed by atoms with Crippen molar-refractivity contribution < 1.29 is 18.3 Å². The van der Waals surface area contributed by atoms with Crippen LogP contribution in [0.5, 0.6) is 0 Å². The van der Waals surface area contributed by atoms with Crippen LogP contribution in [-0.2, 0) is 9.47 Å². The monoisotopic (exact) mass is 271 g/mol. The molecule has 1 fully saturated rings. The number of benzene rings is 1. The number of methoxy groups -OCH3 is 1. The summed E-state index contributed by atoms with van der Waals surface area (Å²) in [5.74, 6) is -1.65. The summed E-state index contributed by atoms with van der Waals surface area (Å²) in [4.78, 5) is 0. The highest BCUT2D eigenvalue weighted by atomic mass is 19.2. The highest BCUT2D eigenvalue weighted by Gasteiger charge is 2.34. The molecule has 2 rings (SSSR count). The van der Waals surface area contributed by atoms with E-state index in [1.54, 1.807) is 13.2 Å². The minimum Gasteiger partial charge on any atom is -0.378 e. The van der Waals surface area contributed by atoms with Crippen LogP contribution in [0.2, 0.25) is 0 Å². The zero-order valence-electron chi connectivity index (χ0n) is 11.2. The Labute approximate surface area is 111 Å². The standard InChI is InChI=1S/C14H19F2NO2/c1-10(11-3-4-12(15)13(16)7-11)17-8-14(18-2)5-6-19-9-14/h3-4,7,10,17H,5-6,8-9H2,1-2H3. The smallest absolute Gasteiger partial charge is 0.159 e. The summed E-state index contributed by atoms with van der Waals surface area (Å²) in [6.45, 7) is 3.77. The van der Waals surface area contributed by atoms with E-state index in [0.717, 1.165) is 12.5 Å². The Morgan fingerprint density at radius 2 is 2.21 bits per heavy atom. The lowest BCUT2D eigenvalue weighted by molar-refractivity contribution is -0.0172. The largest absolute Gasteiger partial charge is 0.378 e. The Morgan fingerprint density at radius 3 is 2.79 bits per heavy atom. The van der Waals surface area contributed by atoms with Crippen molar-refractivity contribution in [3.05, 3.63) is 35.4 Å². The summed E-state index contributed by atoms with van der Waals surface area (Å²) >= 11 is 0. The molecule has 0 amide bonds. The second-order valence-electron chi connectivity index (χ2n) is 4.97. The average molecular weight is 271 g/mol. The van der Waals surface area contributed by atoms with Gasteiger partial charge in [-0.1, -0.05) is 6.07 Å². The molecule has 0 aliphatic carbocycles. The summed E-state index contributed by atoms with van der Waals surface area (Å²) in [7, 11) is 1.67. The summed E-state index contributed by atoms with van der Waals surface area (Å²) in [5, 5.41) is 3.29. The highest BCUT2D eigenvalue weighted by Crippen LogP contribution is 2.23. The molecule has 0 saturated carbocycles. The Hall–Kier alpha value is -1.04. The van der Waals surface area contributed by atoms with E-state index < -0.39 is 11.6 Å². The fourth-order valence-electron chi connectivity index (χ4n) is 2.20. The Bertz CT molecular complexity index is 433. The molecular weight excluding hydrogens is 252 g/mol. The van der Waals surface area contributed by atoms with Crippen LogP contribution < -0.4 is 5.32 Å². The number of halogens is 2. The van der Waals surface area contributed by atoms with Gasteiger partial charge in [0.05, 0.1) is 6.61 Å². The van der Waals surface area contributed by atoms with Crippen LogP contribution in [0.15, 0.2) is 18.2 Å². The van der Waals surface area contributed by atoms with Crippen molar-refractivity contribution in [1.29, 1.82) is 0 Å². The van der Waals surface area contributed by atoms with Crippen molar-refractivity contribution in [2.24, 2.45) is 0 Å².